The lowest BCUT2D eigenvalue weighted by molar-refractivity contribution is -0.0139. The molecule has 202 valence electrons. The molecule has 0 aliphatic carbocycles. The number of hydrogen-bond donors (Lipinski definition) is 5. The number of carboxylic acid groups (broad SMARTS) is 1. The van der Waals surface area contributed by atoms with Crippen molar-refractivity contribution in [1.82, 2.24) is 20.0 Å². The standard InChI is InChI=1S/C23H28ClF3N6O3S/c1-12-7-13(24)9-28-15(12)10-29-17-6-5-14(25)18(31-17)22(4)16-8-23(26,27)11-30-37(16,36)21(2,3)19(33-22)32-20(34)35/h5-7,9,16,37H,8,10-11H2,1-4H3,(H,29,31)(H,30,36)(H,32,33)(H,34,35)/t16-,22+/m1/s1. The van der Waals surface area contributed by atoms with Crippen LogP contribution >= 0.6 is 11.6 Å². The molecular weight excluding hydrogens is 533 g/mol. The van der Waals surface area contributed by atoms with Gasteiger partial charge in [0.1, 0.15) is 28.7 Å². The Labute approximate surface area is 217 Å². The predicted molar refractivity (Wildman–Crippen MR) is 136 cm³/mol. The van der Waals surface area contributed by atoms with Gasteiger partial charge in [-0.15, -0.1) is 0 Å². The van der Waals surface area contributed by atoms with Gasteiger partial charge < -0.3 is 10.4 Å². The Bertz CT molecular complexity index is 1340. The molecule has 2 aromatic heterocycles. The summed E-state index contributed by atoms with van der Waals surface area (Å²) in [5, 5.41) is 13.7. The quantitative estimate of drug-likeness (QED) is 0.362. The summed E-state index contributed by atoms with van der Waals surface area (Å²) in [6, 6.07) is 4.21. The highest BCUT2D eigenvalue weighted by Crippen LogP contribution is 2.50. The van der Waals surface area contributed by atoms with Crippen molar-refractivity contribution in [2.45, 2.75) is 62.1 Å². The van der Waals surface area contributed by atoms with Crippen molar-refractivity contribution in [3.63, 3.8) is 0 Å². The van der Waals surface area contributed by atoms with Gasteiger partial charge in [-0.05, 0) is 61.6 Å². The Kier molecular flexibility index (Phi) is 6.79. The van der Waals surface area contributed by atoms with E-state index < -0.39 is 56.5 Å². The summed E-state index contributed by atoms with van der Waals surface area (Å²) >= 11 is 5.95. The van der Waals surface area contributed by atoms with Crippen LogP contribution in [0.3, 0.4) is 0 Å². The molecule has 1 fully saturated rings. The number of alkyl halides is 2. The Hall–Kier alpha value is -2.77. The van der Waals surface area contributed by atoms with Gasteiger partial charge in [0.05, 0.1) is 33.8 Å². The van der Waals surface area contributed by atoms with Gasteiger partial charge in [-0.3, -0.25) is 24.2 Å². The van der Waals surface area contributed by atoms with Gasteiger partial charge in [-0.25, -0.2) is 22.9 Å². The maximum absolute atomic E-state index is 15.3. The molecule has 1 amide bonds. The van der Waals surface area contributed by atoms with Gasteiger partial charge in [-0.1, -0.05) is 11.6 Å². The molecule has 0 radical (unpaired) electrons. The number of carbonyl (C=O) groups is 1. The molecule has 4 heterocycles. The Morgan fingerprint density at radius 3 is 2.68 bits per heavy atom. The molecule has 0 saturated carbocycles. The minimum Gasteiger partial charge on any atom is -0.465 e. The van der Waals surface area contributed by atoms with Crippen molar-refractivity contribution in [2.75, 3.05) is 11.9 Å². The lowest BCUT2D eigenvalue weighted by Gasteiger charge is -2.57. The highest BCUT2D eigenvalue weighted by molar-refractivity contribution is 8.04. The Morgan fingerprint density at radius 2 is 2.03 bits per heavy atom. The fraction of sp³-hybridized carbons (Fsp3) is 0.478. The predicted octanol–water partition coefficient (Wildman–Crippen LogP) is 3.79. The van der Waals surface area contributed by atoms with E-state index in [9.17, 15) is 22.9 Å². The molecule has 2 aliphatic rings. The number of nitrogens with zero attached hydrogens (tertiary/aromatic N) is 3. The van der Waals surface area contributed by atoms with Crippen LogP contribution in [0.5, 0.6) is 0 Å². The van der Waals surface area contributed by atoms with Crippen LogP contribution in [0.25, 0.3) is 0 Å². The molecule has 9 nitrogen and oxygen atoms in total. The number of aliphatic imine (C=N–C) groups is 1. The van der Waals surface area contributed by atoms with E-state index in [2.05, 4.69) is 30.3 Å². The van der Waals surface area contributed by atoms with Gasteiger partial charge >= 0.3 is 6.09 Å². The number of pyridine rings is 2. The zero-order valence-electron chi connectivity index (χ0n) is 20.6. The van der Waals surface area contributed by atoms with Crippen molar-refractivity contribution in [3.05, 3.63) is 52.2 Å². The van der Waals surface area contributed by atoms with E-state index in [1.807, 2.05) is 6.92 Å². The largest absolute Gasteiger partial charge is 0.465 e. The van der Waals surface area contributed by atoms with Crippen molar-refractivity contribution in [2.24, 2.45) is 4.99 Å². The summed E-state index contributed by atoms with van der Waals surface area (Å²) in [6.45, 7) is 5.46. The zero-order valence-corrected chi connectivity index (χ0v) is 22.2. The first kappa shape index (κ1) is 27.3. The molecule has 0 bridgehead atoms. The number of amidine groups is 1. The minimum absolute atomic E-state index is 0.201. The van der Waals surface area contributed by atoms with E-state index in [-0.39, 0.29) is 23.9 Å². The number of rotatable bonds is 4. The van der Waals surface area contributed by atoms with Crippen LogP contribution in [0.4, 0.5) is 23.8 Å². The van der Waals surface area contributed by atoms with E-state index in [0.29, 0.717) is 10.7 Å². The average Bonchev–Trinajstić information content (AvgIpc) is 2.79. The molecule has 37 heavy (non-hydrogen) atoms. The van der Waals surface area contributed by atoms with Gasteiger partial charge in [-0.2, -0.15) is 0 Å². The maximum Gasteiger partial charge on any atom is 0.410 e. The number of hydrogen-bond acceptors (Lipinski definition) is 6. The van der Waals surface area contributed by atoms with Gasteiger partial charge in [0, 0.05) is 12.6 Å². The first-order valence-corrected chi connectivity index (χ1v) is 13.6. The third kappa shape index (κ3) is 4.79. The van der Waals surface area contributed by atoms with Crippen LogP contribution in [0, 0.1) is 12.7 Å². The lowest BCUT2D eigenvalue weighted by Crippen LogP contribution is -2.73. The number of anilines is 1. The second-order valence-corrected chi connectivity index (χ2v) is 13.8. The fourth-order valence-electron chi connectivity index (χ4n) is 4.88. The Morgan fingerprint density at radius 1 is 1.32 bits per heavy atom. The van der Waals surface area contributed by atoms with Crippen LogP contribution in [0.15, 0.2) is 29.4 Å². The van der Waals surface area contributed by atoms with Crippen molar-refractivity contribution < 1.29 is 27.3 Å². The minimum atomic E-state index is -3.85. The number of amides is 1. The third-order valence-electron chi connectivity index (χ3n) is 7.05. The normalized spacial score (nSPS) is 26.4. The topological polar surface area (TPSA) is 129 Å². The second kappa shape index (κ2) is 9.21. The number of nitrogens with one attached hydrogen (secondary N) is 3. The molecule has 0 unspecified atom stereocenters. The SMILES string of the molecule is Cc1cc(Cl)cnc1CNc1ccc(F)c([C@@]2(C)N=C(NC(=O)O)C(C)(C)[SH]3(=O)NCC(F)(F)C[C@H]23)n1. The fourth-order valence-corrected chi connectivity index (χ4v) is 8.79. The van der Waals surface area contributed by atoms with Gasteiger partial charge in [0.15, 0.2) is 0 Å². The number of halogens is 4. The van der Waals surface area contributed by atoms with Gasteiger partial charge in [0.25, 0.3) is 5.92 Å². The van der Waals surface area contributed by atoms with Crippen LogP contribution in [-0.4, -0.2) is 53.7 Å². The molecule has 14 heteroatoms. The molecule has 0 aromatic carbocycles. The maximum atomic E-state index is 15.3. The van der Waals surface area contributed by atoms with Gasteiger partial charge in [0.2, 0.25) is 0 Å². The van der Waals surface area contributed by atoms with Crippen molar-refractivity contribution in [3.8, 4) is 0 Å². The van der Waals surface area contributed by atoms with E-state index in [0.717, 1.165) is 11.6 Å². The van der Waals surface area contributed by atoms with Crippen LogP contribution < -0.4 is 15.4 Å². The summed E-state index contributed by atoms with van der Waals surface area (Å²) in [7, 11) is -3.85. The van der Waals surface area contributed by atoms with E-state index >= 15 is 4.39 Å². The highest BCUT2D eigenvalue weighted by atomic mass is 35.5. The first-order valence-electron chi connectivity index (χ1n) is 11.4. The van der Waals surface area contributed by atoms with Crippen LogP contribution in [0.2, 0.25) is 5.02 Å². The summed E-state index contributed by atoms with van der Waals surface area (Å²) in [5.74, 6) is -4.12. The van der Waals surface area contributed by atoms with Crippen LogP contribution in [-0.2, 0) is 22.2 Å². The number of thiol groups is 1. The zero-order chi connectivity index (χ0) is 27.4. The second-order valence-electron chi connectivity index (χ2n) is 9.96. The molecular formula is C23H28ClF3N6O3S. The number of fused-ring (bicyclic) bond motifs is 1. The number of aromatic nitrogens is 2. The molecule has 4 N–H and O–H groups in total. The molecule has 4 rings (SSSR count). The molecule has 2 aliphatic heterocycles. The highest BCUT2D eigenvalue weighted by Gasteiger charge is 2.62. The first-order chi connectivity index (χ1) is 17.1. The monoisotopic (exact) mass is 560 g/mol. The Balaban J connectivity index is 1.81. The molecule has 2 aromatic rings. The molecule has 1 saturated heterocycles. The summed E-state index contributed by atoms with van der Waals surface area (Å²) in [5.41, 5.74) is -0.734. The third-order valence-corrected chi connectivity index (χ3v) is 11.3. The van der Waals surface area contributed by atoms with Crippen LogP contribution in [0.1, 0.15) is 44.1 Å². The molecule has 2 atom stereocenters. The summed E-state index contributed by atoms with van der Waals surface area (Å²) in [6.07, 6.45) is -0.830. The van der Waals surface area contributed by atoms with E-state index in [1.54, 1.807) is 6.07 Å². The molecule has 0 spiro atoms. The van der Waals surface area contributed by atoms with E-state index in [4.69, 9.17) is 11.6 Å². The summed E-state index contributed by atoms with van der Waals surface area (Å²) < 4.78 is 60.0. The van der Waals surface area contributed by atoms with Crippen molar-refractivity contribution >= 4 is 39.5 Å². The smallest absolute Gasteiger partial charge is 0.410 e. The lowest BCUT2D eigenvalue weighted by atomic mass is 9.88. The average molecular weight is 561 g/mol. The van der Waals surface area contributed by atoms with E-state index in [1.165, 1.54) is 33.0 Å². The summed E-state index contributed by atoms with van der Waals surface area (Å²) in [4.78, 5) is 24.6. The number of aryl methyl sites for hydroxylation is 1. The van der Waals surface area contributed by atoms with Crippen molar-refractivity contribution in [1.29, 1.82) is 0 Å².